The van der Waals surface area contributed by atoms with Crippen LogP contribution in [0.1, 0.15) is 6.42 Å². The Morgan fingerprint density at radius 1 is 1.17 bits per heavy atom. The van der Waals surface area contributed by atoms with Crippen LogP contribution in [-0.4, -0.2) is 47.0 Å². The molecule has 6 heteroatoms. The lowest BCUT2D eigenvalue weighted by molar-refractivity contribution is 0.457. The number of rotatable bonds is 7. The summed E-state index contributed by atoms with van der Waals surface area (Å²) >= 11 is 0. The van der Waals surface area contributed by atoms with Crippen molar-refractivity contribution in [1.29, 1.82) is 0 Å². The second kappa shape index (κ2) is 6.72. The summed E-state index contributed by atoms with van der Waals surface area (Å²) in [6, 6.07) is 9.06. The minimum Gasteiger partial charge on any atom is -0.320 e. The van der Waals surface area contributed by atoms with E-state index in [9.17, 15) is 8.42 Å². The van der Waals surface area contributed by atoms with Crippen LogP contribution >= 0.6 is 0 Å². The first-order chi connectivity index (χ1) is 8.50. The summed E-state index contributed by atoms with van der Waals surface area (Å²) in [5.74, 6) is 0. The SMILES string of the molecule is CNCCCN(C)S(=O)(=O)N(C)c1ccccc1. The van der Waals surface area contributed by atoms with Crippen molar-refractivity contribution in [3.8, 4) is 0 Å². The number of anilines is 1. The van der Waals surface area contributed by atoms with E-state index in [0.29, 0.717) is 12.2 Å². The molecule has 0 fully saturated rings. The third-order valence-electron chi connectivity index (χ3n) is 2.76. The maximum absolute atomic E-state index is 12.3. The molecule has 0 atom stereocenters. The second-order valence-electron chi connectivity index (χ2n) is 4.09. The van der Waals surface area contributed by atoms with Crippen molar-refractivity contribution in [3.05, 3.63) is 30.3 Å². The number of benzene rings is 1. The molecule has 1 aromatic carbocycles. The largest absolute Gasteiger partial charge is 0.320 e. The van der Waals surface area contributed by atoms with Crippen molar-refractivity contribution in [2.45, 2.75) is 6.42 Å². The van der Waals surface area contributed by atoms with Gasteiger partial charge in [-0.15, -0.1) is 0 Å². The summed E-state index contributed by atoms with van der Waals surface area (Å²) in [4.78, 5) is 0. The molecule has 1 N–H and O–H groups in total. The highest BCUT2D eigenvalue weighted by Crippen LogP contribution is 2.16. The molecule has 0 heterocycles. The summed E-state index contributed by atoms with van der Waals surface area (Å²) in [5, 5.41) is 3.00. The molecule has 0 aromatic heterocycles. The van der Waals surface area contributed by atoms with Crippen LogP contribution in [0.25, 0.3) is 0 Å². The molecule has 0 radical (unpaired) electrons. The average Bonchev–Trinajstić information content (AvgIpc) is 2.39. The Balaban J connectivity index is 2.74. The van der Waals surface area contributed by atoms with Crippen LogP contribution in [-0.2, 0) is 10.2 Å². The molecule has 0 unspecified atom stereocenters. The van der Waals surface area contributed by atoms with Crippen LogP contribution < -0.4 is 9.62 Å². The molecule has 0 aliphatic carbocycles. The highest BCUT2D eigenvalue weighted by Gasteiger charge is 2.23. The first-order valence-corrected chi connectivity index (χ1v) is 7.29. The van der Waals surface area contributed by atoms with Gasteiger partial charge in [0.2, 0.25) is 0 Å². The van der Waals surface area contributed by atoms with E-state index in [2.05, 4.69) is 5.32 Å². The van der Waals surface area contributed by atoms with Crippen molar-refractivity contribution in [2.24, 2.45) is 0 Å². The van der Waals surface area contributed by atoms with Gasteiger partial charge in [0.05, 0.1) is 5.69 Å². The van der Waals surface area contributed by atoms with E-state index in [4.69, 9.17) is 0 Å². The van der Waals surface area contributed by atoms with Crippen molar-refractivity contribution in [1.82, 2.24) is 9.62 Å². The minimum absolute atomic E-state index is 0.500. The van der Waals surface area contributed by atoms with Crippen LogP contribution in [0.15, 0.2) is 30.3 Å². The second-order valence-corrected chi connectivity index (χ2v) is 6.16. The van der Waals surface area contributed by atoms with Crippen molar-refractivity contribution < 1.29 is 8.42 Å². The Bertz CT molecular complexity index is 448. The van der Waals surface area contributed by atoms with Crippen molar-refractivity contribution >= 4 is 15.9 Å². The van der Waals surface area contributed by atoms with Gasteiger partial charge >= 0.3 is 10.2 Å². The predicted molar refractivity (Wildman–Crippen MR) is 74.9 cm³/mol. The molecule has 102 valence electrons. The number of hydrogen-bond donors (Lipinski definition) is 1. The number of para-hydroxylation sites is 1. The van der Waals surface area contributed by atoms with Crippen LogP contribution in [0.3, 0.4) is 0 Å². The lowest BCUT2D eigenvalue weighted by Gasteiger charge is -2.25. The molecular formula is C12H21N3O2S. The smallest absolute Gasteiger partial charge is 0.303 e. The molecule has 0 spiro atoms. The van der Waals surface area contributed by atoms with Gasteiger partial charge in [0.1, 0.15) is 0 Å². The first kappa shape index (κ1) is 14.9. The third kappa shape index (κ3) is 3.69. The Labute approximate surface area is 110 Å². The molecule has 0 bridgehead atoms. The zero-order valence-corrected chi connectivity index (χ0v) is 11.9. The Kier molecular flexibility index (Phi) is 5.58. The van der Waals surface area contributed by atoms with Gasteiger partial charge in [-0.25, -0.2) is 0 Å². The Morgan fingerprint density at radius 3 is 2.33 bits per heavy atom. The molecule has 5 nitrogen and oxygen atoms in total. The predicted octanol–water partition coefficient (Wildman–Crippen LogP) is 0.909. The van der Waals surface area contributed by atoms with Gasteiger partial charge in [-0.3, -0.25) is 4.31 Å². The fraction of sp³-hybridized carbons (Fsp3) is 0.500. The van der Waals surface area contributed by atoms with Gasteiger partial charge in [-0.1, -0.05) is 18.2 Å². The molecule has 0 aliphatic rings. The van der Waals surface area contributed by atoms with Crippen LogP contribution in [0.4, 0.5) is 5.69 Å². The minimum atomic E-state index is -3.43. The van der Waals surface area contributed by atoms with Gasteiger partial charge in [0.15, 0.2) is 0 Å². The maximum Gasteiger partial charge on any atom is 0.303 e. The summed E-state index contributed by atoms with van der Waals surface area (Å²) in [7, 11) is 1.59. The fourth-order valence-corrected chi connectivity index (χ4v) is 2.74. The van der Waals surface area contributed by atoms with Gasteiger partial charge in [-0.2, -0.15) is 12.7 Å². The average molecular weight is 271 g/mol. The van der Waals surface area contributed by atoms with Gasteiger partial charge in [-0.05, 0) is 32.1 Å². The van der Waals surface area contributed by atoms with Gasteiger partial charge in [0.25, 0.3) is 0 Å². The maximum atomic E-state index is 12.3. The molecule has 1 rings (SSSR count). The van der Waals surface area contributed by atoms with E-state index in [1.165, 1.54) is 8.61 Å². The normalized spacial score (nSPS) is 11.8. The molecule has 0 saturated heterocycles. The first-order valence-electron chi connectivity index (χ1n) is 5.90. The molecule has 0 amide bonds. The summed E-state index contributed by atoms with van der Waals surface area (Å²) in [5.41, 5.74) is 0.665. The topological polar surface area (TPSA) is 52.7 Å². The van der Waals surface area contributed by atoms with E-state index in [0.717, 1.165) is 13.0 Å². The van der Waals surface area contributed by atoms with Crippen LogP contribution in [0.2, 0.25) is 0 Å². The number of nitrogens with zero attached hydrogens (tertiary/aromatic N) is 2. The van der Waals surface area contributed by atoms with E-state index in [-0.39, 0.29) is 0 Å². The molecule has 0 aliphatic heterocycles. The highest BCUT2D eigenvalue weighted by molar-refractivity contribution is 7.90. The summed E-state index contributed by atoms with van der Waals surface area (Å²) < 4.78 is 27.2. The standard InChI is InChI=1S/C12H21N3O2S/c1-13-10-7-11-14(2)18(16,17)15(3)12-8-5-4-6-9-12/h4-6,8-9,13H,7,10-11H2,1-3H3. The lowest BCUT2D eigenvalue weighted by Crippen LogP contribution is -2.40. The van der Waals surface area contributed by atoms with E-state index >= 15 is 0 Å². The number of hydrogen-bond acceptors (Lipinski definition) is 3. The summed E-state index contributed by atoms with van der Waals surface area (Å²) in [6.07, 6.45) is 0.787. The zero-order valence-electron chi connectivity index (χ0n) is 11.1. The van der Waals surface area contributed by atoms with E-state index < -0.39 is 10.2 Å². The van der Waals surface area contributed by atoms with E-state index in [1.807, 2.05) is 25.2 Å². The highest BCUT2D eigenvalue weighted by atomic mass is 32.2. The lowest BCUT2D eigenvalue weighted by atomic mass is 10.3. The molecular weight excluding hydrogens is 250 g/mol. The van der Waals surface area contributed by atoms with Gasteiger partial charge in [0, 0.05) is 20.6 Å². The quantitative estimate of drug-likeness (QED) is 0.750. The Hall–Kier alpha value is -1.11. The van der Waals surface area contributed by atoms with Crippen molar-refractivity contribution in [2.75, 3.05) is 38.5 Å². The zero-order chi connectivity index (χ0) is 13.6. The molecule has 1 aromatic rings. The van der Waals surface area contributed by atoms with Gasteiger partial charge < -0.3 is 5.32 Å². The van der Waals surface area contributed by atoms with Crippen LogP contribution in [0.5, 0.6) is 0 Å². The van der Waals surface area contributed by atoms with Crippen LogP contribution in [0, 0.1) is 0 Å². The monoisotopic (exact) mass is 271 g/mol. The van der Waals surface area contributed by atoms with Crippen molar-refractivity contribution in [3.63, 3.8) is 0 Å². The Morgan fingerprint density at radius 2 is 1.78 bits per heavy atom. The summed E-state index contributed by atoms with van der Waals surface area (Å²) in [6.45, 7) is 1.30. The molecule has 18 heavy (non-hydrogen) atoms. The third-order valence-corrected chi connectivity index (χ3v) is 4.63. The molecule has 0 saturated carbocycles. The number of nitrogens with one attached hydrogen (secondary N) is 1. The van der Waals surface area contributed by atoms with E-state index in [1.54, 1.807) is 26.2 Å². The fourth-order valence-electron chi connectivity index (χ4n) is 1.57.